The molecule has 0 N–H and O–H groups in total. The first kappa shape index (κ1) is 11.5. The summed E-state index contributed by atoms with van der Waals surface area (Å²) in [5, 5.41) is 0. The van der Waals surface area contributed by atoms with Crippen LogP contribution in [0.1, 0.15) is 5.69 Å². The Bertz CT molecular complexity index is 535. The number of halogens is 4. The largest absolute Gasteiger partial charge is 0.480 e. The fourth-order valence-electron chi connectivity index (χ4n) is 1.39. The maximum atomic E-state index is 12.6. The average Bonchev–Trinajstić information content (AvgIpc) is 2.57. The summed E-state index contributed by atoms with van der Waals surface area (Å²) in [4.78, 5) is 3.56. The zero-order chi connectivity index (χ0) is 11.9. The lowest BCUT2D eigenvalue weighted by Crippen LogP contribution is -2.07. The molecule has 0 aromatic carbocycles. The maximum Gasteiger partial charge on any atom is 0.438 e. The average molecular weight is 342 g/mol. The topological polar surface area (TPSA) is 26.5 Å². The van der Waals surface area contributed by atoms with Gasteiger partial charge in [-0.1, -0.05) is 0 Å². The number of rotatable bonds is 1. The first-order chi connectivity index (χ1) is 7.45. The van der Waals surface area contributed by atoms with Gasteiger partial charge >= 0.3 is 6.18 Å². The molecule has 0 saturated heterocycles. The standard InChI is InChI=1S/C9H6F3IN2O/c1-16-8-6(9(10,11)12)14-7-5(13)3-2-4-15(7)8/h2-4H,1H3. The third kappa shape index (κ3) is 1.72. The lowest BCUT2D eigenvalue weighted by Gasteiger charge is -2.05. The summed E-state index contributed by atoms with van der Waals surface area (Å²) in [7, 11) is 1.19. The zero-order valence-corrected chi connectivity index (χ0v) is 10.2. The van der Waals surface area contributed by atoms with Gasteiger partial charge < -0.3 is 4.74 Å². The Labute approximate surface area is 102 Å². The van der Waals surface area contributed by atoms with E-state index in [0.717, 1.165) is 0 Å². The van der Waals surface area contributed by atoms with Gasteiger partial charge in [0.1, 0.15) is 0 Å². The number of fused-ring (bicyclic) bond motifs is 1. The normalized spacial score (nSPS) is 12.1. The van der Waals surface area contributed by atoms with Crippen LogP contribution in [0.4, 0.5) is 13.2 Å². The molecule has 0 radical (unpaired) electrons. The fourth-order valence-corrected chi connectivity index (χ4v) is 1.98. The minimum absolute atomic E-state index is 0.243. The lowest BCUT2D eigenvalue weighted by molar-refractivity contribution is -0.142. The van der Waals surface area contributed by atoms with Crippen LogP contribution in [0.2, 0.25) is 0 Å². The molecule has 3 nitrogen and oxygen atoms in total. The number of ether oxygens (including phenoxy) is 1. The predicted molar refractivity (Wildman–Crippen MR) is 59.5 cm³/mol. The number of nitrogens with zero attached hydrogens (tertiary/aromatic N) is 2. The minimum Gasteiger partial charge on any atom is -0.480 e. The first-order valence-electron chi connectivity index (χ1n) is 4.23. The van der Waals surface area contributed by atoms with Gasteiger partial charge in [-0.2, -0.15) is 13.2 Å². The van der Waals surface area contributed by atoms with Gasteiger partial charge in [-0.25, -0.2) is 4.98 Å². The molecule has 0 aliphatic carbocycles. The second-order valence-corrected chi connectivity index (χ2v) is 4.18. The summed E-state index contributed by atoms with van der Waals surface area (Å²) >= 11 is 1.93. The molecule has 0 saturated carbocycles. The van der Waals surface area contributed by atoms with E-state index >= 15 is 0 Å². The van der Waals surface area contributed by atoms with E-state index in [1.807, 2.05) is 22.6 Å². The second-order valence-electron chi connectivity index (χ2n) is 3.02. The fraction of sp³-hybridized carbons (Fsp3) is 0.222. The van der Waals surface area contributed by atoms with Gasteiger partial charge in [-0.15, -0.1) is 0 Å². The monoisotopic (exact) mass is 342 g/mol. The van der Waals surface area contributed by atoms with Crippen molar-refractivity contribution >= 4 is 28.2 Å². The molecule has 2 aromatic rings. The number of hydrogen-bond donors (Lipinski definition) is 0. The van der Waals surface area contributed by atoms with E-state index in [2.05, 4.69) is 4.98 Å². The van der Waals surface area contributed by atoms with Crippen molar-refractivity contribution in [3.8, 4) is 5.88 Å². The Kier molecular flexibility index (Phi) is 2.72. The highest BCUT2D eigenvalue weighted by molar-refractivity contribution is 14.1. The van der Waals surface area contributed by atoms with E-state index in [0.29, 0.717) is 3.57 Å². The van der Waals surface area contributed by atoms with E-state index in [4.69, 9.17) is 4.74 Å². The van der Waals surface area contributed by atoms with E-state index in [9.17, 15) is 13.2 Å². The molecule has 7 heteroatoms. The number of alkyl halides is 3. The van der Waals surface area contributed by atoms with E-state index in [1.165, 1.54) is 17.7 Å². The third-order valence-electron chi connectivity index (χ3n) is 2.02. The summed E-state index contributed by atoms with van der Waals surface area (Å²) in [6, 6.07) is 3.32. The molecule has 16 heavy (non-hydrogen) atoms. The highest BCUT2D eigenvalue weighted by atomic mass is 127. The Morgan fingerprint density at radius 2 is 2.12 bits per heavy atom. The number of methoxy groups -OCH3 is 1. The molecule has 0 fully saturated rings. The Morgan fingerprint density at radius 3 is 2.69 bits per heavy atom. The molecule has 0 aliphatic heterocycles. The molecule has 0 bridgehead atoms. The molecule has 0 aliphatic rings. The summed E-state index contributed by atoms with van der Waals surface area (Å²) < 4.78 is 44.6. The Morgan fingerprint density at radius 1 is 1.44 bits per heavy atom. The van der Waals surface area contributed by atoms with Crippen molar-refractivity contribution in [3.63, 3.8) is 0 Å². The third-order valence-corrected chi connectivity index (χ3v) is 2.86. The van der Waals surface area contributed by atoms with E-state index in [1.54, 1.807) is 12.1 Å². The minimum atomic E-state index is -4.51. The van der Waals surface area contributed by atoms with Crippen molar-refractivity contribution < 1.29 is 17.9 Å². The van der Waals surface area contributed by atoms with Crippen LogP contribution >= 0.6 is 22.6 Å². The maximum absolute atomic E-state index is 12.6. The summed E-state index contributed by atoms with van der Waals surface area (Å²) in [6.45, 7) is 0. The summed E-state index contributed by atoms with van der Waals surface area (Å²) in [6.07, 6.45) is -3.03. The van der Waals surface area contributed by atoms with Crippen LogP contribution in [0.5, 0.6) is 5.88 Å². The van der Waals surface area contributed by atoms with Crippen molar-refractivity contribution in [1.29, 1.82) is 0 Å². The molecule has 0 spiro atoms. The number of hydrogen-bond acceptors (Lipinski definition) is 2. The number of pyridine rings is 1. The van der Waals surface area contributed by atoms with Crippen LogP contribution < -0.4 is 4.74 Å². The number of imidazole rings is 1. The van der Waals surface area contributed by atoms with Crippen LogP contribution in [0.3, 0.4) is 0 Å². The first-order valence-corrected chi connectivity index (χ1v) is 5.31. The van der Waals surface area contributed by atoms with Crippen molar-refractivity contribution in [2.45, 2.75) is 6.18 Å². The molecule has 0 unspecified atom stereocenters. The van der Waals surface area contributed by atoms with Gasteiger partial charge in [0, 0.05) is 6.20 Å². The van der Waals surface area contributed by atoms with Crippen LogP contribution in [0, 0.1) is 3.57 Å². The highest BCUT2D eigenvalue weighted by Gasteiger charge is 2.39. The van der Waals surface area contributed by atoms with Crippen LogP contribution in [0.25, 0.3) is 5.65 Å². The SMILES string of the molecule is COc1c(C(F)(F)F)nc2c(I)cccn12. The van der Waals surface area contributed by atoms with Crippen LogP contribution in [-0.4, -0.2) is 16.5 Å². The molecular weight excluding hydrogens is 336 g/mol. The quantitative estimate of drug-likeness (QED) is 0.745. The molecule has 2 aromatic heterocycles. The smallest absolute Gasteiger partial charge is 0.438 e. The number of aromatic nitrogens is 2. The van der Waals surface area contributed by atoms with Crippen molar-refractivity contribution in [1.82, 2.24) is 9.38 Å². The highest BCUT2D eigenvalue weighted by Crippen LogP contribution is 2.36. The van der Waals surface area contributed by atoms with Gasteiger partial charge in [0.25, 0.3) is 0 Å². The van der Waals surface area contributed by atoms with E-state index in [-0.39, 0.29) is 11.5 Å². The van der Waals surface area contributed by atoms with Gasteiger partial charge in [-0.3, -0.25) is 4.40 Å². The van der Waals surface area contributed by atoms with Gasteiger partial charge in [-0.05, 0) is 34.7 Å². The van der Waals surface area contributed by atoms with Crippen LogP contribution in [0.15, 0.2) is 18.3 Å². The molecule has 0 atom stereocenters. The second kappa shape index (κ2) is 3.79. The molecular formula is C9H6F3IN2O. The molecule has 86 valence electrons. The van der Waals surface area contributed by atoms with Crippen molar-refractivity contribution in [2.75, 3.05) is 7.11 Å². The van der Waals surface area contributed by atoms with Gasteiger partial charge in [0.15, 0.2) is 5.65 Å². The predicted octanol–water partition coefficient (Wildman–Crippen LogP) is 2.97. The van der Waals surface area contributed by atoms with Crippen LogP contribution in [-0.2, 0) is 6.18 Å². The Balaban J connectivity index is 2.81. The Hall–Kier alpha value is -0.990. The van der Waals surface area contributed by atoms with Gasteiger partial charge in [0.05, 0.1) is 10.7 Å². The van der Waals surface area contributed by atoms with Crippen molar-refractivity contribution in [2.24, 2.45) is 0 Å². The van der Waals surface area contributed by atoms with Gasteiger partial charge in [0.2, 0.25) is 11.6 Å². The molecule has 2 heterocycles. The van der Waals surface area contributed by atoms with Crippen molar-refractivity contribution in [3.05, 3.63) is 27.6 Å². The summed E-state index contributed by atoms with van der Waals surface area (Å²) in [5.41, 5.74) is -0.758. The molecule has 0 amide bonds. The van der Waals surface area contributed by atoms with E-state index < -0.39 is 11.9 Å². The lowest BCUT2D eigenvalue weighted by atomic mass is 10.4. The molecule has 2 rings (SSSR count). The summed E-state index contributed by atoms with van der Waals surface area (Å²) in [5.74, 6) is -0.291. The zero-order valence-electron chi connectivity index (χ0n) is 8.05.